The molecule has 1 aromatic carbocycles. The van der Waals surface area contributed by atoms with Crippen LogP contribution in [-0.2, 0) is 6.54 Å². The summed E-state index contributed by atoms with van der Waals surface area (Å²) in [6.07, 6.45) is 1.66. The van der Waals surface area contributed by atoms with Crippen molar-refractivity contribution >= 4 is 33.9 Å². The van der Waals surface area contributed by atoms with Crippen LogP contribution in [0.2, 0.25) is 0 Å². The van der Waals surface area contributed by atoms with E-state index in [4.69, 9.17) is 22.4 Å². The first-order valence-electron chi connectivity index (χ1n) is 6.58. The van der Waals surface area contributed by atoms with E-state index in [0.29, 0.717) is 11.5 Å². The average molecular weight is 297 g/mol. The van der Waals surface area contributed by atoms with E-state index in [1.54, 1.807) is 6.26 Å². The molecule has 5 heteroatoms. The second-order valence-corrected chi connectivity index (χ2v) is 5.28. The van der Waals surface area contributed by atoms with Crippen molar-refractivity contribution in [3.8, 4) is 0 Å². The summed E-state index contributed by atoms with van der Waals surface area (Å²) in [5, 5.41) is 0.972. The predicted octanol–water partition coefficient (Wildman–Crippen LogP) is 3.10. The molecule has 0 spiro atoms. The lowest BCUT2D eigenvalue weighted by Crippen LogP contribution is -2.19. The van der Waals surface area contributed by atoms with Gasteiger partial charge in [0, 0.05) is 18.0 Å². The Hall–Kier alpha value is -2.40. The van der Waals surface area contributed by atoms with Gasteiger partial charge in [-0.3, -0.25) is 0 Å². The summed E-state index contributed by atoms with van der Waals surface area (Å²) in [5.41, 5.74) is 7.57. The first-order valence-corrected chi connectivity index (χ1v) is 6.99. The zero-order valence-electron chi connectivity index (χ0n) is 11.6. The van der Waals surface area contributed by atoms with Crippen molar-refractivity contribution in [2.24, 2.45) is 5.73 Å². The maximum Gasteiger partial charge on any atom is 0.130 e. The number of para-hydroxylation sites is 1. The van der Waals surface area contributed by atoms with Crippen molar-refractivity contribution in [1.29, 1.82) is 0 Å². The molecule has 2 aromatic heterocycles. The van der Waals surface area contributed by atoms with E-state index in [0.717, 1.165) is 28.0 Å². The molecule has 0 radical (unpaired) electrons. The van der Waals surface area contributed by atoms with Gasteiger partial charge in [-0.2, -0.15) is 0 Å². The highest BCUT2D eigenvalue weighted by Gasteiger charge is 2.11. The largest absolute Gasteiger partial charge is 0.467 e. The summed E-state index contributed by atoms with van der Waals surface area (Å²) >= 11 is 5.16. The second kappa shape index (κ2) is 5.54. The minimum atomic E-state index is 0.376. The lowest BCUT2D eigenvalue weighted by atomic mass is 10.1. The Bertz CT molecular complexity index is 783. The molecule has 21 heavy (non-hydrogen) atoms. The van der Waals surface area contributed by atoms with E-state index < -0.39 is 0 Å². The number of anilines is 1. The molecular formula is C16H15N3OS. The number of rotatable bonds is 4. The van der Waals surface area contributed by atoms with Crippen LogP contribution in [-0.4, -0.2) is 17.0 Å². The molecule has 106 valence electrons. The molecule has 0 amide bonds. The number of furan rings is 1. The van der Waals surface area contributed by atoms with Crippen LogP contribution >= 0.6 is 12.2 Å². The van der Waals surface area contributed by atoms with Gasteiger partial charge in [-0.15, -0.1) is 0 Å². The first-order chi connectivity index (χ1) is 10.1. The molecule has 0 saturated carbocycles. The third kappa shape index (κ3) is 2.73. The van der Waals surface area contributed by atoms with Gasteiger partial charge in [-0.1, -0.05) is 30.4 Å². The van der Waals surface area contributed by atoms with E-state index in [-0.39, 0.29) is 0 Å². The van der Waals surface area contributed by atoms with Crippen molar-refractivity contribution in [1.82, 2.24) is 4.98 Å². The second-order valence-electron chi connectivity index (χ2n) is 4.84. The highest BCUT2D eigenvalue weighted by atomic mass is 32.1. The molecule has 2 N–H and O–H groups in total. The number of nitrogens with zero attached hydrogens (tertiary/aromatic N) is 2. The van der Waals surface area contributed by atoms with Gasteiger partial charge in [0.2, 0.25) is 0 Å². The molecule has 0 fully saturated rings. The highest BCUT2D eigenvalue weighted by molar-refractivity contribution is 7.80. The quantitative estimate of drug-likeness (QED) is 0.750. The summed E-state index contributed by atoms with van der Waals surface area (Å²) in [6, 6.07) is 13.6. The van der Waals surface area contributed by atoms with Gasteiger partial charge in [0.15, 0.2) is 0 Å². The Kier molecular flexibility index (Phi) is 3.58. The zero-order valence-corrected chi connectivity index (χ0v) is 12.4. The molecule has 0 saturated heterocycles. The van der Waals surface area contributed by atoms with E-state index in [1.165, 1.54) is 0 Å². The van der Waals surface area contributed by atoms with Crippen molar-refractivity contribution in [3.05, 3.63) is 60.1 Å². The van der Waals surface area contributed by atoms with Gasteiger partial charge >= 0.3 is 0 Å². The van der Waals surface area contributed by atoms with E-state index in [1.807, 2.05) is 54.4 Å². The van der Waals surface area contributed by atoms with E-state index >= 15 is 0 Å². The normalized spacial score (nSPS) is 10.7. The molecular weight excluding hydrogens is 282 g/mol. The van der Waals surface area contributed by atoms with Crippen LogP contribution in [0, 0.1) is 0 Å². The third-order valence-corrected chi connectivity index (χ3v) is 3.55. The predicted molar refractivity (Wildman–Crippen MR) is 88.4 cm³/mol. The summed E-state index contributed by atoms with van der Waals surface area (Å²) in [7, 11) is 1.96. The van der Waals surface area contributed by atoms with Gasteiger partial charge < -0.3 is 15.1 Å². The Morgan fingerprint density at radius 3 is 2.81 bits per heavy atom. The van der Waals surface area contributed by atoms with Crippen molar-refractivity contribution < 1.29 is 4.42 Å². The topological polar surface area (TPSA) is 55.3 Å². The number of fused-ring (bicyclic) bond motifs is 1. The van der Waals surface area contributed by atoms with Gasteiger partial charge in [0.1, 0.15) is 16.6 Å². The van der Waals surface area contributed by atoms with Gasteiger partial charge in [0.05, 0.1) is 18.3 Å². The molecule has 3 aromatic rings. The fraction of sp³-hybridized carbons (Fsp3) is 0.125. The molecule has 3 rings (SSSR count). The molecule has 0 aliphatic heterocycles. The fourth-order valence-corrected chi connectivity index (χ4v) is 2.45. The Balaban J connectivity index is 2.04. The number of benzene rings is 1. The van der Waals surface area contributed by atoms with Gasteiger partial charge in [-0.25, -0.2) is 4.98 Å². The maximum absolute atomic E-state index is 5.85. The Labute approximate surface area is 128 Å². The summed E-state index contributed by atoms with van der Waals surface area (Å²) in [4.78, 5) is 7.05. The van der Waals surface area contributed by atoms with Crippen LogP contribution in [0.4, 0.5) is 5.82 Å². The maximum atomic E-state index is 5.85. The van der Waals surface area contributed by atoms with Crippen LogP contribution in [0.1, 0.15) is 11.3 Å². The number of thiocarbonyl (C=S) groups is 1. The molecule has 0 unspecified atom stereocenters. The number of hydrogen-bond acceptors (Lipinski definition) is 4. The smallest absolute Gasteiger partial charge is 0.130 e. The van der Waals surface area contributed by atoms with Gasteiger partial charge in [0.25, 0.3) is 0 Å². The summed E-state index contributed by atoms with van der Waals surface area (Å²) < 4.78 is 5.37. The molecule has 0 aliphatic rings. The minimum absolute atomic E-state index is 0.376. The lowest BCUT2D eigenvalue weighted by Gasteiger charge is -2.18. The first kappa shape index (κ1) is 13.6. The Morgan fingerprint density at radius 1 is 1.29 bits per heavy atom. The lowest BCUT2D eigenvalue weighted by molar-refractivity contribution is 0.507. The molecule has 4 nitrogen and oxygen atoms in total. The Morgan fingerprint density at radius 2 is 2.10 bits per heavy atom. The van der Waals surface area contributed by atoms with Crippen molar-refractivity contribution in [2.45, 2.75) is 6.54 Å². The summed E-state index contributed by atoms with van der Waals surface area (Å²) in [5.74, 6) is 1.69. The standard InChI is InChI=1S/C16H15N3OS/c1-19(10-11-5-4-8-20-11)15-9-13(16(17)21)12-6-2-3-7-14(12)18-15/h2-9H,10H2,1H3,(H2,17,21). The van der Waals surface area contributed by atoms with E-state index in [2.05, 4.69) is 4.98 Å². The van der Waals surface area contributed by atoms with Crippen molar-refractivity contribution in [2.75, 3.05) is 11.9 Å². The monoisotopic (exact) mass is 297 g/mol. The van der Waals surface area contributed by atoms with Crippen LogP contribution in [0.15, 0.2) is 53.1 Å². The summed E-state index contributed by atoms with van der Waals surface area (Å²) in [6.45, 7) is 0.634. The van der Waals surface area contributed by atoms with Gasteiger partial charge in [-0.05, 0) is 24.3 Å². The van der Waals surface area contributed by atoms with Crippen molar-refractivity contribution in [3.63, 3.8) is 0 Å². The average Bonchev–Trinajstić information content (AvgIpc) is 2.98. The third-order valence-electron chi connectivity index (χ3n) is 3.33. The molecule has 2 heterocycles. The van der Waals surface area contributed by atoms with Crippen LogP contribution in [0.25, 0.3) is 10.9 Å². The minimum Gasteiger partial charge on any atom is -0.467 e. The number of hydrogen-bond donors (Lipinski definition) is 1. The molecule has 0 atom stereocenters. The highest BCUT2D eigenvalue weighted by Crippen LogP contribution is 2.23. The van der Waals surface area contributed by atoms with Crippen LogP contribution in [0.5, 0.6) is 0 Å². The number of aromatic nitrogens is 1. The number of pyridine rings is 1. The number of nitrogens with two attached hydrogens (primary N) is 1. The zero-order chi connectivity index (χ0) is 14.8. The van der Waals surface area contributed by atoms with E-state index in [9.17, 15) is 0 Å². The molecule has 0 aliphatic carbocycles. The fourth-order valence-electron chi connectivity index (χ4n) is 2.28. The molecule has 0 bridgehead atoms. The SMILES string of the molecule is CN(Cc1ccco1)c1cc(C(N)=S)c2ccccc2n1. The van der Waals surface area contributed by atoms with Crippen LogP contribution in [0.3, 0.4) is 0 Å². The van der Waals surface area contributed by atoms with Crippen LogP contribution < -0.4 is 10.6 Å².